The second kappa shape index (κ2) is 8.10. The number of imidazole rings is 1. The fourth-order valence-corrected chi connectivity index (χ4v) is 4.96. The van der Waals surface area contributed by atoms with Crippen LogP contribution in [0.1, 0.15) is 23.3 Å². The summed E-state index contributed by atoms with van der Waals surface area (Å²) in [5, 5.41) is 2.79. The summed E-state index contributed by atoms with van der Waals surface area (Å²) in [5.41, 5.74) is 1.66. The van der Waals surface area contributed by atoms with Gasteiger partial charge in [-0.3, -0.25) is 4.79 Å². The zero-order chi connectivity index (χ0) is 20.4. The van der Waals surface area contributed by atoms with Gasteiger partial charge < -0.3 is 9.88 Å². The maximum absolute atomic E-state index is 12.6. The van der Waals surface area contributed by atoms with Gasteiger partial charge in [0.15, 0.2) is 0 Å². The van der Waals surface area contributed by atoms with Gasteiger partial charge in [-0.15, -0.1) is 0 Å². The van der Waals surface area contributed by atoms with E-state index in [0.29, 0.717) is 18.8 Å². The van der Waals surface area contributed by atoms with Gasteiger partial charge in [-0.05, 0) is 61.4 Å². The highest BCUT2D eigenvalue weighted by atomic mass is 79.9. The Morgan fingerprint density at radius 1 is 1.00 bits per heavy atom. The molecule has 7 nitrogen and oxygen atoms in total. The van der Waals surface area contributed by atoms with Gasteiger partial charge in [0.25, 0.3) is 5.91 Å². The van der Waals surface area contributed by atoms with Gasteiger partial charge in [0, 0.05) is 35.1 Å². The van der Waals surface area contributed by atoms with Crippen LogP contribution < -0.4 is 5.32 Å². The molecule has 29 heavy (non-hydrogen) atoms. The van der Waals surface area contributed by atoms with Crippen LogP contribution in [0.4, 0.5) is 5.69 Å². The number of nitrogens with zero attached hydrogens (tertiary/aromatic N) is 3. The van der Waals surface area contributed by atoms with Gasteiger partial charge in [0.05, 0.1) is 4.90 Å². The van der Waals surface area contributed by atoms with Crippen LogP contribution in [0.3, 0.4) is 0 Å². The molecule has 2 aromatic carbocycles. The Morgan fingerprint density at radius 2 is 1.66 bits per heavy atom. The van der Waals surface area contributed by atoms with Crippen molar-refractivity contribution in [1.82, 2.24) is 13.9 Å². The topological polar surface area (TPSA) is 84.3 Å². The molecule has 1 saturated heterocycles. The van der Waals surface area contributed by atoms with Gasteiger partial charge in [-0.2, -0.15) is 4.31 Å². The molecule has 0 spiro atoms. The van der Waals surface area contributed by atoms with Crippen LogP contribution in [0.15, 0.2) is 70.4 Å². The highest BCUT2D eigenvalue weighted by Gasteiger charge is 2.27. The van der Waals surface area contributed by atoms with Gasteiger partial charge in [-0.1, -0.05) is 15.9 Å². The minimum Gasteiger partial charge on any atom is -0.321 e. The summed E-state index contributed by atoms with van der Waals surface area (Å²) in [6.45, 7) is 1.14. The van der Waals surface area contributed by atoms with Crippen molar-refractivity contribution in [2.24, 2.45) is 0 Å². The van der Waals surface area contributed by atoms with Crippen molar-refractivity contribution >= 4 is 37.5 Å². The smallest absolute Gasteiger partial charge is 0.275 e. The van der Waals surface area contributed by atoms with E-state index in [1.807, 2.05) is 12.1 Å². The Kier molecular flexibility index (Phi) is 5.53. The third kappa shape index (κ3) is 4.26. The maximum atomic E-state index is 12.6. The third-order valence-corrected chi connectivity index (χ3v) is 7.20. The van der Waals surface area contributed by atoms with E-state index >= 15 is 0 Å². The number of sulfonamides is 1. The Hall–Kier alpha value is -2.49. The number of carbonyl (C=O) groups excluding carboxylic acids is 1. The quantitative estimate of drug-likeness (QED) is 0.611. The van der Waals surface area contributed by atoms with E-state index in [4.69, 9.17) is 0 Å². The number of rotatable bonds is 5. The number of anilines is 1. The lowest BCUT2D eigenvalue weighted by Crippen LogP contribution is -2.27. The predicted octanol–water partition coefficient (Wildman–Crippen LogP) is 3.67. The summed E-state index contributed by atoms with van der Waals surface area (Å²) in [7, 11) is -3.44. The van der Waals surface area contributed by atoms with Crippen LogP contribution in [0, 0.1) is 0 Å². The normalized spacial score (nSPS) is 14.8. The number of benzene rings is 2. The van der Waals surface area contributed by atoms with E-state index in [1.54, 1.807) is 47.2 Å². The average Bonchev–Trinajstić information content (AvgIpc) is 3.42. The number of hydrogen-bond acceptors (Lipinski definition) is 4. The summed E-state index contributed by atoms with van der Waals surface area (Å²) < 4.78 is 29.4. The van der Waals surface area contributed by atoms with E-state index < -0.39 is 10.0 Å². The summed E-state index contributed by atoms with van der Waals surface area (Å²) in [5.74, 6) is -0.320. The predicted molar refractivity (Wildman–Crippen MR) is 114 cm³/mol. The average molecular weight is 475 g/mol. The molecule has 150 valence electrons. The molecule has 1 N–H and O–H groups in total. The molecule has 2 heterocycles. The fourth-order valence-electron chi connectivity index (χ4n) is 3.18. The van der Waals surface area contributed by atoms with Crippen molar-refractivity contribution in [3.63, 3.8) is 0 Å². The molecule has 0 radical (unpaired) electrons. The molecule has 1 amide bonds. The molecule has 0 bridgehead atoms. The molecule has 9 heteroatoms. The number of carbonyl (C=O) groups is 1. The lowest BCUT2D eigenvalue weighted by atomic mass is 10.3. The standard InChI is InChI=1S/C20H19BrN4O3S/c21-15-3-5-16(6-4-15)23-20(26)19-13-24(14-22-19)17-7-9-18(10-8-17)29(27,28)25-11-1-2-12-25/h3-10,13-14H,1-2,11-12H2,(H,23,26). The van der Waals surface area contributed by atoms with Crippen LogP contribution in [0.5, 0.6) is 0 Å². The Balaban J connectivity index is 1.49. The first-order valence-electron chi connectivity index (χ1n) is 9.15. The summed E-state index contributed by atoms with van der Waals surface area (Å²) >= 11 is 3.35. The van der Waals surface area contributed by atoms with Gasteiger partial charge in [0.1, 0.15) is 12.0 Å². The van der Waals surface area contributed by atoms with Crippen molar-refractivity contribution in [2.45, 2.75) is 17.7 Å². The van der Waals surface area contributed by atoms with E-state index in [-0.39, 0.29) is 16.5 Å². The van der Waals surface area contributed by atoms with Crippen LogP contribution >= 0.6 is 15.9 Å². The zero-order valence-corrected chi connectivity index (χ0v) is 17.9. The highest BCUT2D eigenvalue weighted by Crippen LogP contribution is 2.22. The Bertz CT molecular complexity index is 1120. The molecule has 0 aliphatic carbocycles. The monoisotopic (exact) mass is 474 g/mol. The largest absolute Gasteiger partial charge is 0.321 e. The van der Waals surface area contributed by atoms with E-state index in [2.05, 4.69) is 26.2 Å². The minimum atomic E-state index is -3.44. The number of aromatic nitrogens is 2. The summed E-state index contributed by atoms with van der Waals surface area (Å²) in [6, 6.07) is 13.9. The number of nitrogens with one attached hydrogen (secondary N) is 1. The summed E-state index contributed by atoms with van der Waals surface area (Å²) in [4.78, 5) is 16.8. The van der Waals surface area contributed by atoms with Crippen LogP contribution in [0.25, 0.3) is 5.69 Å². The molecular formula is C20H19BrN4O3S. The van der Waals surface area contributed by atoms with E-state index in [0.717, 1.165) is 23.0 Å². The Labute approximate surface area is 177 Å². The lowest BCUT2D eigenvalue weighted by molar-refractivity contribution is 0.102. The third-order valence-electron chi connectivity index (χ3n) is 4.75. The van der Waals surface area contributed by atoms with Gasteiger partial charge in [0.2, 0.25) is 10.0 Å². The van der Waals surface area contributed by atoms with E-state index in [9.17, 15) is 13.2 Å². The highest BCUT2D eigenvalue weighted by molar-refractivity contribution is 9.10. The lowest BCUT2D eigenvalue weighted by Gasteiger charge is -2.15. The molecule has 1 aromatic heterocycles. The minimum absolute atomic E-state index is 0.265. The molecule has 3 aromatic rings. The molecule has 1 aliphatic heterocycles. The SMILES string of the molecule is O=C(Nc1ccc(Br)cc1)c1cn(-c2ccc(S(=O)(=O)N3CCCC3)cc2)cn1. The maximum Gasteiger partial charge on any atom is 0.275 e. The van der Waals surface area contributed by atoms with Gasteiger partial charge >= 0.3 is 0 Å². The molecule has 0 saturated carbocycles. The number of amides is 1. The van der Waals surface area contributed by atoms with Gasteiger partial charge in [-0.25, -0.2) is 13.4 Å². The second-order valence-corrected chi connectivity index (χ2v) is 9.59. The van der Waals surface area contributed by atoms with Crippen molar-refractivity contribution < 1.29 is 13.2 Å². The first kappa shape index (κ1) is 19.8. The van der Waals surface area contributed by atoms with Crippen LogP contribution in [0.2, 0.25) is 0 Å². The van der Waals surface area contributed by atoms with Crippen LogP contribution in [-0.2, 0) is 10.0 Å². The van der Waals surface area contributed by atoms with Crippen LogP contribution in [-0.4, -0.2) is 41.3 Å². The number of halogens is 1. The van der Waals surface area contributed by atoms with E-state index in [1.165, 1.54) is 10.6 Å². The van der Waals surface area contributed by atoms with Crippen molar-refractivity contribution in [1.29, 1.82) is 0 Å². The summed E-state index contributed by atoms with van der Waals surface area (Å²) in [6.07, 6.45) is 4.94. The molecule has 0 unspecified atom stereocenters. The van der Waals surface area contributed by atoms with Crippen molar-refractivity contribution in [2.75, 3.05) is 18.4 Å². The molecule has 0 atom stereocenters. The molecular weight excluding hydrogens is 456 g/mol. The molecule has 4 rings (SSSR count). The number of hydrogen-bond donors (Lipinski definition) is 1. The van der Waals surface area contributed by atoms with Crippen molar-refractivity contribution in [3.8, 4) is 5.69 Å². The first-order valence-corrected chi connectivity index (χ1v) is 11.4. The van der Waals surface area contributed by atoms with Crippen molar-refractivity contribution in [3.05, 3.63) is 71.2 Å². The fraction of sp³-hybridized carbons (Fsp3) is 0.200. The first-order chi connectivity index (χ1) is 13.9. The molecule has 1 fully saturated rings. The molecule has 1 aliphatic rings. The Morgan fingerprint density at radius 3 is 2.31 bits per heavy atom. The zero-order valence-electron chi connectivity index (χ0n) is 15.5. The second-order valence-electron chi connectivity index (χ2n) is 6.73.